The molecule has 21 heavy (non-hydrogen) atoms. The van der Waals surface area contributed by atoms with Gasteiger partial charge >= 0.3 is 5.69 Å². The number of benzene rings is 1. The Bertz CT molecular complexity index is 711. The molecule has 0 aliphatic heterocycles. The highest BCUT2D eigenvalue weighted by Gasteiger charge is 2.20. The van der Waals surface area contributed by atoms with Gasteiger partial charge in [-0.1, -0.05) is 6.07 Å². The highest BCUT2D eigenvalue weighted by atomic mass is 79.9. The summed E-state index contributed by atoms with van der Waals surface area (Å²) >= 11 is 4.58. The number of carbonyl (C=O) groups excluding carboxylic acids is 1. The summed E-state index contributed by atoms with van der Waals surface area (Å²) in [6.07, 6.45) is 0. The molecule has 0 saturated carbocycles. The molecule has 0 N–H and O–H groups in total. The standard InChI is InChI=1S/C14H12BrNO4S/c1-8-5-9(2)13(11(6-8)16(18)19)20-7-12(17)14-10(15)3-4-21-14/h3-6H,7H2,1-2H3. The fourth-order valence-corrected chi connectivity index (χ4v) is 3.47. The largest absolute Gasteiger partial charge is 0.478 e. The first-order chi connectivity index (χ1) is 9.90. The van der Waals surface area contributed by atoms with Crippen molar-refractivity contribution in [2.24, 2.45) is 0 Å². The summed E-state index contributed by atoms with van der Waals surface area (Å²) in [5.41, 5.74) is 1.30. The Balaban J connectivity index is 2.22. The number of ether oxygens (including phenoxy) is 1. The smallest absolute Gasteiger partial charge is 0.311 e. The summed E-state index contributed by atoms with van der Waals surface area (Å²) in [6.45, 7) is 3.27. The van der Waals surface area contributed by atoms with Crippen LogP contribution < -0.4 is 4.74 Å². The number of Topliss-reactive ketones (excluding diaryl/α,β-unsaturated/α-hetero) is 1. The van der Waals surface area contributed by atoms with Crippen molar-refractivity contribution in [1.82, 2.24) is 0 Å². The lowest BCUT2D eigenvalue weighted by molar-refractivity contribution is -0.385. The van der Waals surface area contributed by atoms with E-state index in [9.17, 15) is 14.9 Å². The molecule has 0 radical (unpaired) electrons. The number of thiophene rings is 1. The Morgan fingerprint density at radius 3 is 2.71 bits per heavy atom. The molecule has 1 heterocycles. The molecule has 0 aliphatic rings. The predicted molar refractivity (Wildman–Crippen MR) is 84.4 cm³/mol. The van der Waals surface area contributed by atoms with Crippen molar-refractivity contribution < 1.29 is 14.5 Å². The number of ketones is 1. The van der Waals surface area contributed by atoms with Crippen molar-refractivity contribution in [2.75, 3.05) is 6.61 Å². The first-order valence-electron chi connectivity index (χ1n) is 6.04. The average Bonchev–Trinajstić information content (AvgIpc) is 2.82. The van der Waals surface area contributed by atoms with Crippen molar-refractivity contribution in [3.63, 3.8) is 0 Å². The molecule has 0 atom stereocenters. The predicted octanol–water partition coefficient (Wildman–Crippen LogP) is 4.30. The minimum Gasteiger partial charge on any atom is -0.478 e. The normalized spacial score (nSPS) is 10.4. The summed E-state index contributed by atoms with van der Waals surface area (Å²) < 4.78 is 6.12. The minimum atomic E-state index is -0.499. The van der Waals surface area contributed by atoms with Crippen LogP contribution in [0.3, 0.4) is 0 Å². The van der Waals surface area contributed by atoms with Gasteiger partial charge in [0, 0.05) is 10.5 Å². The Labute approximate surface area is 133 Å². The molecule has 2 aromatic rings. The second kappa shape index (κ2) is 6.36. The number of rotatable bonds is 5. The number of nitro groups is 1. The average molecular weight is 370 g/mol. The van der Waals surface area contributed by atoms with E-state index < -0.39 is 4.92 Å². The highest BCUT2D eigenvalue weighted by molar-refractivity contribution is 9.10. The molecule has 110 valence electrons. The van der Waals surface area contributed by atoms with Gasteiger partial charge in [0.15, 0.2) is 6.61 Å². The summed E-state index contributed by atoms with van der Waals surface area (Å²) in [6, 6.07) is 5.00. The van der Waals surface area contributed by atoms with E-state index >= 15 is 0 Å². The zero-order chi connectivity index (χ0) is 15.6. The first kappa shape index (κ1) is 15.7. The number of halogens is 1. The van der Waals surface area contributed by atoms with Gasteiger partial charge in [-0.2, -0.15) is 0 Å². The molecule has 0 bridgehead atoms. The van der Waals surface area contributed by atoms with E-state index in [0.717, 1.165) is 5.56 Å². The van der Waals surface area contributed by atoms with Crippen molar-refractivity contribution in [2.45, 2.75) is 13.8 Å². The summed E-state index contributed by atoms with van der Waals surface area (Å²) in [5, 5.41) is 12.9. The van der Waals surface area contributed by atoms with Crippen LogP contribution in [0, 0.1) is 24.0 Å². The van der Waals surface area contributed by atoms with Crippen molar-refractivity contribution in [3.05, 3.63) is 54.2 Å². The maximum Gasteiger partial charge on any atom is 0.311 e. The summed E-state index contributed by atoms with van der Waals surface area (Å²) in [5.74, 6) is -0.0715. The van der Waals surface area contributed by atoms with E-state index in [0.29, 0.717) is 14.9 Å². The van der Waals surface area contributed by atoms with E-state index in [1.54, 1.807) is 31.4 Å². The molecule has 0 aliphatic carbocycles. The molecule has 0 unspecified atom stereocenters. The lowest BCUT2D eigenvalue weighted by Crippen LogP contribution is -2.12. The van der Waals surface area contributed by atoms with Gasteiger partial charge in [0.25, 0.3) is 0 Å². The van der Waals surface area contributed by atoms with E-state index in [-0.39, 0.29) is 23.8 Å². The quantitative estimate of drug-likeness (QED) is 0.447. The Morgan fingerprint density at radius 2 is 2.14 bits per heavy atom. The van der Waals surface area contributed by atoms with Crippen LogP contribution in [0.4, 0.5) is 5.69 Å². The van der Waals surface area contributed by atoms with Gasteiger partial charge in [0.2, 0.25) is 11.5 Å². The molecule has 5 nitrogen and oxygen atoms in total. The summed E-state index contributed by atoms with van der Waals surface area (Å²) in [7, 11) is 0. The van der Waals surface area contributed by atoms with Crippen LogP contribution >= 0.6 is 27.3 Å². The van der Waals surface area contributed by atoms with Crippen LogP contribution in [0.5, 0.6) is 5.75 Å². The zero-order valence-electron chi connectivity index (χ0n) is 11.4. The molecule has 0 fully saturated rings. The number of aryl methyl sites for hydroxylation is 2. The maximum absolute atomic E-state index is 12.0. The van der Waals surface area contributed by atoms with E-state index in [4.69, 9.17) is 4.74 Å². The molecule has 7 heteroatoms. The van der Waals surface area contributed by atoms with Crippen LogP contribution in [-0.4, -0.2) is 17.3 Å². The topological polar surface area (TPSA) is 69.4 Å². The molecule has 0 amide bonds. The van der Waals surface area contributed by atoms with Gasteiger partial charge in [0.1, 0.15) is 0 Å². The number of hydrogen-bond acceptors (Lipinski definition) is 5. The molecule has 2 rings (SSSR count). The first-order valence-corrected chi connectivity index (χ1v) is 7.72. The van der Waals surface area contributed by atoms with Crippen LogP contribution in [0.25, 0.3) is 0 Å². The Kier molecular flexibility index (Phi) is 4.74. The van der Waals surface area contributed by atoms with Gasteiger partial charge in [-0.05, 0) is 52.4 Å². The Hall–Kier alpha value is -1.73. The minimum absolute atomic E-state index is 0.120. The third-order valence-electron chi connectivity index (χ3n) is 2.81. The number of nitrogens with zero attached hydrogens (tertiary/aromatic N) is 1. The lowest BCUT2D eigenvalue weighted by Gasteiger charge is -2.09. The van der Waals surface area contributed by atoms with Crippen LogP contribution in [0.1, 0.15) is 20.8 Å². The molecular weight excluding hydrogens is 358 g/mol. The third kappa shape index (κ3) is 3.48. The van der Waals surface area contributed by atoms with Gasteiger partial charge < -0.3 is 4.74 Å². The van der Waals surface area contributed by atoms with E-state index in [1.807, 2.05) is 0 Å². The fourth-order valence-electron chi connectivity index (χ4n) is 1.95. The zero-order valence-corrected chi connectivity index (χ0v) is 13.8. The Morgan fingerprint density at radius 1 is 1.43 bits per heavy atom. The number of nitro benzene ring substituents is 1. The second-order valence-electron chi connectivity index (χ2n) is 4.50. The van der Waals surface area contributed by atoms with Gasteiger partial charge in [-0.15, -0.1) is 11.3 Å². The van der Waals surface area contributed by atoms with Crippen LogP contribution in [0.15, 0.2) is 28.1 Å². The highest BCUT2D eigenvalue weighted by Crippen LogP contribution is 2.32. The van der Waals surface area contributed by atoms with Crippen LogP contribution in [0.2, 0.25) is 0 Å². The van der Waals surface area contributed by atoms with E-state index in [1.165, 1.54) is 17.4 Å². The molecule has 1 aromatic heterocycles. The summed E-state index contributed by atoms with van der Waals surface area (Å²) in [4.78, 5) is 23.2. The molecule has 0 spiro atoms. The van der Waals surface area contributed by atoms with Gasteiger partial charge in [-0.3, -0.25) is 14.9 Å². The molecule has 0 saturated heterocycles. The fraction of sp³-hybridized carbons (Fsp3) is 0.214. The van der Waals surface area contributed by atoms with Crippen molar-refractivity contribution in [3.8, 4) is 5.75 Å². The van der Waals surface area contributed by atoms with Crippen molar-refractivity contribution in [1.29, 1.82) is 0 Å². The van der Waals surface area contributed by atoms with Crippen molar-refractivity contribution >= 4 is 38.7 Å². The number of hydrogen-bond donors (Lipinski definition) is 0. The monoisotopic (exact) mass is 369 g/mol. The van der Waals surface area contributed by atoms with Crippen LogP contribution in [-0.2, 0) is 0 Å². The third-order valence-corrected chi connectivity index (χ3v) is 4.69. The SMILES string of the molecule is Cc1cc(C)c(OCC(=O)c2sccc2Br)c([N+](=O)[O-])c1. The number of carbonyl (C=O) groups is 1. The lowest BCUT2D eigenvalue weighted by atomic mass is 10.1. The van der Waals surface area contributed by atoms with E-state index in [2.05, 4.69) is 15.9 Å². The molecular formula is C14H12BrNO4S. The van der Waals surface area contributed by atoms with Gasteiger partial charge in [-0.25, -0.2) is 0 Å². The second-order valence-corrected chi connectivity index (χ2v) is 6.27. The molecule has 1 aromatic carbocycles. The van der Waals surface area contributed by atoms with Gasteiger partial charge in [0.05, 0.1) is 9.80 Å². The maximum atomic E-state index is 12.0.